The quantitative estimate of drug-likeness (QED) is 0.794. The summed E-state index contributed by atoms with van der Waals surface area (Å²) in [6.07, 6.45) is 2.73. The molecule has 0 aliphatic rings. The number of hydrogen-bond donors (Lipinski definition) is 2. The highest BCUT2D eigenvalue weighted by molar-refractivity contribution is 5.92. The Hall–Kier alpha value is -1.65. The Morgan fingerprint density at radius 1 is 1.11 bits per heavy atom. The molecule has 0 aliphatic carbocycles. The van der Waals surface area contributed by atoms with Crippen molar-refractivity contribution in [1.29, 1.82) is 0 Å². The predicted molar refractivity (Wildman–Crippen MR) is 77.3 cm³/mol. The van der Waals surface area contributed by atoms with Gasteiger partial charge in [0.1, 0.15) is 5.82 Å². The molecule has 0 radical (unpaired) electrons. The van der Waals surface area contributed by atoms with Crippen molar-refractivity contribution in [1.82, 2.24) is 15.5 Å². The van der Waals surface area contributed by atoms with Crippen molar-refractivity contribution in [2.24, 2.45) is 0 Å². The van der Waals surface area contributed by atoms with E-state index in [0.29, 0.717) is 11.5 Å². The molecule has 0 bridgehead atoms. The van der Waals surface area contributed by atoms with Crippen molar-refractivity contribution in [2.75, 3.05) is 11.9 Å². The lowest BCUT2D eigenvalue weighted by Gasteiger charge is -2.31. The van der Waals surface area contributed by atoms with Crippen LogP contribution in [0.5, 0.6) is 0 Å². The van der Waals surface area contributed by atoms with E-state index in [1.54, 1.807) is 12.1 Å². The summed E-state index contributed by atoms with van der Waals surface area (Å²) in [5, 5.41) is 14.1. The number of nitrogens with zero attached hydrogens (tertiary/aromatic N) is 2. The second-order valence-corrected chi connectivity index (χ2v) is 4.63. The normalized spacial score (nSPS) is 11.2. The summed E-state index contributed by atoms with van der Waals surface area (Å²) in [5.41, 5.74) is 0.223. The van der Waals surface area contributed by atoms with Gasteiger partial charge < -0.3 is 10.6 Å². The molecule has 0 aromatic carbocycles. The van der Waals surface area contributed by atoms with E-state index in [1.807, 2.05) is 6.92 Å². The summed E-state index contributed by atoms with van der Waals surface area (Å²) in [6.45, 7) is 9.04. The lowest BCUT2D eigenvalue weighted by Crippen LogP contribution is -2.47. The molecule has 0 aliphatic heterocycles. The lowest BCUT2D eigenvalue weighted by atomic mass is 9.89. The first-order valence-corrected chi connectivity index (χ1v) is 7.00. The van der Waals surface area contributed by atoms with Gasteiger partial charge in [0, 0.05) is 12.1 Å². The molecule has 2 N–H and O–H groups in total. The Labute approximate surface area is 115 Å². The minimum atomic E-state index is -0.152. The Morgan fingerprint density at radius 2 is 1.74 bits per heavy atom. The number of rotatable bonds is 7. The van der Waals surface area contributed by atoms with E-state index < -0.39 is 0 Å². The first-order chi connectivity index (χ1) is 9.10. The van der Waals surface area contributed by atoms with Gasteiger partial charge in [-0.25, -0.2) is 0 Å². The molecule has 5 heteroatoms. The third-order valence-electron chi connectivity index (χ3n) is 3.66. The number of carbonyl (C=O) groups is 1. The molecule has 0 unspecified atom stereocenters. The molecule has 1 amide bonds. The van der Waals surface area contributed by atoms with Crippen LogP contribution < -0.4 is 10.6 Å². The minimum Gasteiger partial charge on any atom is -0.369 e. The number of hydrogen-bond acceptors (Lipinski definition) is 4. The van der Waals surface area contributed by atoms with Crippen LogP contribution in [0.4, 0.5) is 5.82 Å². The van der Waals surface area contributed by atoms with Crippen LogP contribution in [0.1, 0.15) is 57.4 Å². The SMILES string of the molecule is CCNc1ccc(C(=O)NC(CC)(CC)CC)nn1. The Morgan fingerprint density at radius 3 is 2.16 bits per heavy atom. The molecular weight excluding hydrogens is 240 g/mol. The summed E-state index contributed by atoms with van der Waals surface area (Å²) in [6, 6.07) is 3.48. The van der Waals surface area contributed by atoms with Crippen molar-refractivity contribution in [3.05, 3.63) is 17.8 Å². The summed E-state index contributed by atoms with van der Waals surface area (Å²) in [5.74, 6) is 0.535. The maximum Gasteiger partial charge on any atom is 0.272 e. The van der Waals surface area contributed by atoms with Crippen molar-refractivity contribution < 1.29 is 4.79 Å². The number of nitrogens with one attached hydrogen (secondary N) is 2. The standard InChI is InChI=1S/C14H24N4O/c1-5-14(6-2,7-3)16-13(19)11-9-10-12(15-8-4)18-17-11/h9-10H,5-8H2,1-4H3,(H,15,18)(H,16,19). The summed E-state index contributed by atoms with van der Waals surface area (Å²) in [4.78, 5) is 12.2. The highest BCUT2D eigenvalue weighted by Crippen LogP contribution is 2.19. The maximum absolute atomic E-state index is 12.2. The van der Waals surface area contributed by atoms with Crippen molar-refractivity contribution in [2.45, 2.75) is 52.5 Å². The summed E-state index contributed by atoms with van der Waals surface area (Å²) >= 11 is 0. The van der Waals surface area contributed by atoms with Gasteiger partial charge in [-0.3, -0.25) is 4.79 Å². The Balaban J connectivity index is 2.77. The van der Waals surface area contributed by atoms with Gasteiger partial charge in [-0.2, -0.15) is 0 Å². The van der Waals surface area contributed by atoms with Crippen molar-refractivity contribution in [3.63, 3.8) is 0 Å². The van der Waals surface area contributed by atoms with Crippen LogP contribution in [0.2, 0.25) is 0 Å². The molecular formula is C14H24N4O. The molecule has 106 valence electrons. The van der Waals surface area contributed by atoms with E-state index in [-0.39, 0.29) is 11.4 Å². The molecule has 0 spiro atoms. The lowest BCUT2D eigenvalue weighted by molar-refractivity contribution is 0.0882. The second kappa shape index (κ2) is 7.07. The average Bonchev–Trinajstić information content (AvgIpc) is 2.46. The number of aromatic nitrogens is 2. The fourth-order valence-electron chi connectivity index (χ4n) is 2.05. The molecule has 0 fully saturated rings. The van der Waals surface area contributed by atoms with Gasteiger partial charge in [-0.1, -0.05) is 20.8 Å². The smallest absolute Gasteiger partial charge is 0.272 e. The highest BCUT2D eigenvalue weighted by Gasteiger charge is 2.26. The Kier molecular flexibility index (Phi) is 5.73. The highest BCUT2D eigenvalue weighted by atomic mass is 16.2. The van der Waals surface area contributed by atoms with Crippen LogP contribution in [0.3, 0.4) is 0 Å². The summed E-state index contributed by atoms with van der Waals surface area (Å²) in [7, 11) is 0. The van der Waals surface area contributed by atoms with Crippen molar-refractivity contribution in [3.8, 4) is 0 Å². The first-order valence-electron chi connectivity index (χ1n) is 7.00. The fraction of sp³-hybridized carbons (Fsp3) is 0.643. The van der Waals surface area contributed by atoms with E-state index >= 15 is 0 Å². The second-order valence-electron chi connectivity index (χ2n) is 4.63. The van der Waals surface area contributed by atoms with Crippen LogP contribution in [0, 0.1) is 0 Å². The van der Waals surface area contributed by atoms with Gasteiger partial charge in [0.05, 0.1) is 0 Å². The van der Waals surface area contributed by atoms with Gasteiger partial charge in [0.15, 0.2) is 5.69 Å². The molecule has 5 nitrogen and oxygen atoms in total. The molecule has 1 heterocycles. The zero-order valence-electron chi connectivity index (χ0n) is 12.3. The van der Waals surface area contributed by atoms with E-state index in [2.05, 4.69) is 41.6 Å². The van der Waals surface area contributed by atoms with E-state index in [9.17, 15) is 4.79 Å². The van der Waals surface area contributed by atoms with Crippen LogP contribution >= 0.6 is 0 Å². The zero-order chi connectivity index (χ0) is 14.3. The third kappa shape index (κ3) is 3.91. The molecule has 1 aromatic rings. The third-order valence-corrected chi connectivity index (χ3v) is 3.66. The van der Waals surface area contributed by atoms with E-state index in [0.717, 1.165) is 25.8 Å². The van der Waals surface area contributed by atoms with Gasteiger partial charge >= 0.3 is 0 Å². The van der Waals surface area contributed by atoms with Gasteiger partial charge in [0.25, 0.3) is 5.91 Å². The van der Waals surface area contributed by atoms with Crippen LogP contribution in [-0.4, -0.2) is 28.2 Å². The predicted octanol–water partition coefficient (Wildman–Crippen LogP) is 2.61. The number of anilines is 1. The molecule has 19 heavy (non-hydrogen) atoms. The minimum absolute atomic E-state index is 0.140. The molecule has 0 saturated carbocycles. The fourth-order valence-corrected chi connectivity index (χ4v) is 2.05. The largest absolute Gasteiger partial charge is 0.369 e. The van der Waals surface area contributed by atoms with E-state index in [1.165, 1.54) is 0 Å². The number of carbonyl (C=O) groups excluding carboxylic acids is 1. The monoisotopic (exact) mass is 264 g/mol. The van der Waals surface area contributed by atoms with Gasteiger partial charge in [0.2, 0.25) is 0 Å². The van der Waals surface area contributed by atoms with Gasteiger partial charge in [-0.05, 0) is 38.3 Å². The zero-order valence-corrected chi connectivity index (χ0v) is 12.3. The number of amides is 1. The van der Waals surface area contributed by atoms with Crippen LogP contribution in [-0.2, 0) is 0 Å². The molecule has 0 atom stereocenters. The Bertz CT molecular complexity index is 390. The van der Waals surface area contributed by atoms with E-state index in [4.69, 9.17) is 0 Å². The molecule has 0 saturated heterocycles. The van der Waals surface area contributed by atoms with Crippen LogP contribution in [0.15, 0.2) is 12.1 Å². The van der Waals surface area contributed by atoms with Gasteiger partial charge in [-0.15, -0.1) is 10.2 Å². The first kappa shape index (κ1) is 15.4. The van der Waals surface area contributed by atoms with Crippen molar-refractivity contribution >= 4 is 11.7 Å². The average molecular weight is 264 g/mol. The molecule has 1 rings (SSSR count). The van der Waals surface area contributed by atoms with Crippen LogP contribution in [0.25, 0.3) is 0 Å². The molecule has 1 aromatic heterocycles. The summed E-state index contributed by atoms with van der Waals surface area (Å²) < 4.78 is 0. The topological polar surface area (TPSA) is 66.9 Å². The maximum atomic E-state index is 12.2.